The number of nitrogens with one attached hydrogen (secondary N) is 1. The van der Waals surface area contributed by atoms with Crippen LogP contribution in [0.1, 0.15) is 44.6 Å². The number of rotatable bonds is 5. The predicted molar refractivity (Wildman–Crippen MR) is 110 cm³/mol. The number of benzene rings is 1. The molecule has 0 atom stereocenters. The van der Waals surface area contributed by atoms with E-state index in [0.717, 1.165) is 24.0 Å². The van der Waals surface area contributed by atoms with E-state index in [1.165, 1.54) is 24.6 Å². The Morgan fingerprint density at radius 1 is 1.26 bits per heavy atom. The standard InChI is InChI=1S/C22H19FN4O4/c1-6-9-25-21(30)20(29)19-12(2)18(13(3)26(19)5)22(31)27(14(4)28)16-7-8-17(23)15(10-16)11-24/h1,7-8,10H,9H2,2-5H3,(H,25,30). The van der Waals surface area contributed by atoms with E-state index < -0.39 is 29.3 Å². The Kier molecular flexibility index (Phi) is 6.73. The van der Waals surface area contributed by atoms with E-state index in [1.54, 1.807) is 13.0 Å². The SMILES string of the molecule is C#CCNC(=O)C(=O)c1c(C)c(C(=O)N(C(C)=O)c2ccc(F)c(C#N)c2)c(C)n1C. The average molecular weight is 422 g/mol. The Balaban J connectivity index is 2.59. The summed E-state index contributed by atoms with van der Waals surface area (Å²) in [7, 11) is 1.50. The summed E-state index contributed by atoms with van der Waals surface area (Å²) in [6.07, 6.45) is 5.08. The Morgan fingerprint density at radius 2 is 1.90 bits per heavy atom. The number of hydrogen-bond donors (Lipinski definition) is 1. The first kappa shape index (κ1) is 23.0. The molecule has 31 heavy (non-hydrogen) atoms. The number of imide groups is 1. The van der Waals surface area contributed by atoms with Gasteiger partial charge in [-0.05, 0) is 37.6 Å². The van der Waals surface area contributed by atoms with Crippen molar-refractivity contribution >= 4 is 29.2 Å². The summed E-state index contributed by atoms with van der Waals surface area (Å²) < 4.78 is 15.1. The molecule has 0 bridgehead atoms. The minimum Gasteiger partial charge on any atom is -0.344 e. The van der Waals surface area contributed by atoms with E-state index in [-0.39, 0.29) is 34.6 Å². The molecule has 1 N–H and O–H groups in total. The number of carbonyl (C=O) groups is 4. The molecule has 1 heterocycles. The first-order valence-electron chi connectivity index (χ1n) is 9.03. The minimum atomic E-state index is -0.929. The smallest absolute Gasteiger partial charge is 0.294 e. The zero-order chi connectivity index (χ0) is 23.5. The van der Waals surface area contributed by atoms with E-state index >= 15 is 0 Å². The van der Waals surface area contributed by atoms with Gasteiger partial charge in [-0.2, -0.15) is 5.26 Å². The van der Waals surface area contributed by atoms with Gasteiger partial charge < -0.3 is 9.88 Å². The predicted octanol–water partition coefficient (Wildman–Crippen LogP) is 1.78. The molecular formula is C22H19FN4O4. The molecule has 9 heteroatoms. The number of terminal acetylenes is 1. The van der Waals surface area contributed by atoms with Crippen molar-refractivity contribution in [2.75, 3.05) is 11.4 Å². The lowest BCUT2D eigenvalue weighted by molar-refractivity contribution is -0.117. The number of Topliss-reactive ketones (excluding diaryl/α,β-unsaturated/α-hetero) is 1. The highest BCUT2D eigenvalue weighted by molar-refractivity contribution is 6.43. The lowest BCUT2D eigenvalue weighted by Gasteiger charge is -2.20. The highest BCUT2D eigenvalue weighted by Gasteiger charge is 2.32. The Hall–Kier alpha value is -4.24. The van der Waals surface area contributed by atoms with Gasteiger partial charge in [0.15, 0.2) is 0 Å². The first-order chi connectivity index (χ1) is 14.6. The van der Waals surface area contributed by atoms with Crippen LogP contribution in [0.4, 0.5) is 10.1 Å². The molecular weight excluding hydrogens is 403 g/mol. The van der Waals surface area contributed by atoms with Crippen molar-refractivity contribution in [1.29, 1.82) is 5.26 Å². The molecule has 1 aromatic carbocycles. The van der Waals surface area contributed by atoms with Crippen LogP contribution < -0.4 is 10.2 Å². The summed E-state index contributed by atoms with van der Waals surface area (Å²) in [6.45, 7) is 4.04. The molecule has 2 aromatic rings. The first-order valence-corrected chi connectivity index (χ1v) is 9.03. The molecule has 2 rings (SSSR count). The van der Waals surface area contributed by atoms with Gasteiger partial charge in [-0.1, -0.05) is 5.92 Å². The number of ketones is 1. The van der Waals surface area contributed by atoms with Gasteiger partial charge in [0.2, 0.25) is 5.91 Å². The molecule has 0 unspecified atom stereocenters. The maximum atomic E-state index is 13.7. The van der Waals surface area contributed by atoms with Gasteiger partial charge >= 0.3 is 0 Å². The number of hydrogen-bond acceptors (Lipinski definition) is 5. The number of carbonyl (C=O) groups excluding carboxylic acids is 4. The van der Waals surface area contributed by atoms with Gasteiger partial charge in [-0.25, -0.2) is 9.29 Å². The third kappa shape index (κ3) is 4.21. The number of halogens is 1. The molecule has 0 aliphatic carbocycles. The lowest BCUT2D eigenvalue weighted by Crippen LogP contribution is -2.36. The van der Waals surface area contributed by atoms with Gasteiger partial charge in [0.25, 0.3) is 17.6 Å². The van der Waals surface area contributed by atoms with Gasteiger partial charge in [-0.3, -0.25) is 19.2 Å². The van der Waals surface area contributed by atoms with Gasteiger partial charge in [0.1, 0.15) is 11.9 Å². The molecule has 1 aromatic heterocycles. The van der Waals surface area contributed by atoms with E-state index in [2.05, 4.69) is 11.2 Å². The average Bonchev–Trinajstić information content (AvgIpc) is 2.94. The summed E-state index contributed by atoms with van der Waals surface area (Å²) >= 11 is 0. The Morgan fingerprint density at radius 3 is 2.45 bits per heavy atom. The van der Waals surface area contributed by atoms with Crippen molar-refractivity contribution in [3.05, 3.63) is 52.1 Å². The van der Waals surface area contributed by atoms with E-state index in [4.69, 9.17) is 11.7 Å². The Bertz CT molecular complexity index is 1200. The van der Waals surface area contributed by atoms with Crippen LogP contribution in [-0.4, -0.2) is 34.6 Å². The fraction of sp³-hybridized carbons (Fsp3) is 0.227. The summed E-state index contributed by atoms with van der Waals surface area (Å²) in [5, 5.41) is 11.3. The molecule has 0 radical (unpaired) electrons. The van der Waals surface area contributed by atoms with Crippen molar-refractivity contribution in [2.24, 2.45) is 7.05 Å². The zero-order valence-corrected chi connectivity index (χ0v) is 17.4. The zero-order valence-electron chi connectivity index (χ0n) is 17.4. The number of nitrogens with zero attached hydrogens (tertiary/aromatic N) is 3. The quantitative estimate of drug-likeness (QED) is 0.448. The summed E-state index contributed by atoms with van der Waals surface area (Å²) in [4.78, 5) is 51.1. The topological polar surface area (TPSA) is 112 Å². The van der Waals surface area contributed by atoms with Crippen LogP contribution in [0, 0.1) is 43.3 Å². The van der Waals surface area contributed by atoms with Gasteiger partial charge in [0.05, 0.1) is 29.1 Å². The normalized spacial score (nSPS) is 10.0. The Labute approximate surface area is 178 Å². The van der Waals surface area contributed by atoms with E-state index in [0.29, 0.717) is 5.69 Å². The molecule has 0 aliphatic rings. The second kappa shape index (κ2) is 9.06. The number of nitriles is 1. The second-order valence-electron chi connectivity index (χ2n) is 6.64. The highest BCUT2D eigenvalue weighted by atomic mass is 19.1. The van der Waals surface area contributed by atoms with E-state index in [1.807, 2.05) is 0 Å². The number of aromatic nitrogens is 1. The van der Waals surface area contributed by atoms with E-state index in [9.17, 15) is 23.6 Å². The fourth-order valence-electron chi connectivity index (χ4n) is 3.23. The van der Waals surface area contributed by atoms with Crippen molar-refractivity contribution < 1.29 is 23.6 Å². The minimum absolute atomic E-state index is 0.00209. The summed E-state index contributed by atoms with van der Waals surface area (Å²) in [5.41, 5.74) is 0.199. The van der Waals surface area contributed by atoms with Crippen LogP contribution in [0.15, 0.2) is 18.2 Å². The third-order valence-electron chi connectivity index (χ3n) is 4.76. The largest absolute Gasteiger partial charge is 0.344 e. The van der Waals surface area contributed by atoms with Gasteiger partial charge in [-0.15, -0.1) is 6.42 Å². The van der Waals surface area contributed by atoms with Crippen LogP contribution in [0.25, 0.3) is 0 Å². The second-order valence-corrected chi connectivity index (χ2v) is 6.64. The fourth-order valence-corrected chi connectivity index (χ4v) is 3.23. The molecule has 0 fully saturated rings. The van der Waals surface area contributed by atoms with Crippen LogP contribution in [0.3, 0.4) is 0 Å². The van der Waals surface area contributed by atoms with Crippen molar-refractivity contribution in [3.8, 4) is 18.4 Å². The third-order valence-corrected chi connectivity index (χ3v) is 4.76. The van der Waals surface area contributed by atoms with Crippen LogP contribution in [0.2, 0.25) is 0 Å². The van der Waals surface area contributed by atoms with Crippen LogP contribution in [0.5, 0.6) is 0 Å². The van der Waals surface area contributed by atoms with Crippen molar-refractivity contribution in [3.63, 3.8) is 0 Å². The molecule has 0 saturated heterocycles. The van der Waals surface area contributed by atoms with Gasteiger partial charge in [0, 0.05) is 19.7 Å². The summed E-state index contributed by atoms with van der Waals surface area (Å²) in [6, 6.07) is 4.92. The monoisotopic (exact) mass is 422 g/mol. The highest BCUT2D eigenvalue weighted by Crippen LogP contribution is 2.27. The molecule has 8 nitrogen and oxygen atoms in total. The van der Waals surface area contributed by atoms with Crippen LogP contribution >= 0.6 is 0 Å². The number of anilines is 1. The molecule has 0 spiro atoms. The maximum absolute atomic E-state index is 13.7. The molecule has 158 valence electrons. The summed E-state index contributed by atoms with van der Waals surface area (Å²) in [5.74, 6) is -1.88. The van der Waals surface area contributed by atoms with Crippen LogP contribution in [-0.2, 0) is 16.6 Å². The molecule has 3 amide bonds. The number of amides is 3. The molecule has 0 aliphatic heterocycles. The lowest BCUT2D eigenvalue weighted by atomic mass is 10.1. The maximum Gasteiger partial charge on any atom is 0.294 e. The van der Waals surface area contributed by atoms with Crippen molar-refractivity contribution in [2.45, 2.75) is 20.8 Å². The molecule has 0 saturated carbocycles. The van der Waals surface area contributed by atoms with Crippen molar-refractivity contribution in [1.82, 2.24) is 9.88 Å².